The van der Waals surface area contributed by atoms with Crippen molar-refractivity contribution in [2.45, 2.75) is 13.5 Å². The number of imidazole rings is 1. The molecule has 0 aliphatic carbocycles. The van der Waals surface area contributed by atoms with Gasteiger partial charge < -0.3 is 5.32 Å². The summed E-state index contributed by atoms with van der Waals surface area (Å²) >= 11 is 11.9. The lowest BCUT2D eigenvalue weighted by Gasteiger charge is -2.08. The summed E-state index contributed by atoms with van der Waals surface area (Å²) in [5.41, 5.74) is 2.97. The van der Waals surface area contributed by atoms with Crippen LogP contribution in [0.15, 0.2) is 42.6 Å². The van der Waals surface area contributed by atoms with Crippen molar-refractivity contribution < 1.29 is 0 Å². The molecular weight excluding hydrogens is 293 g/mol. The highest BCUT2D eigenvalue weighted by Gasteiger charge is 2.07. The summed E-state index contributed by atoms with van der Waals surface area (Å²) in [5.74, 6) is 0.992. The Balaban J connectivity index is 1.86. The molecule has 2 heterocycles. The van der Waals surface area contributed by atoms with Crippen molar-refractivity contribution >= 4 is 34.7 Å². The second kappa shape index (κ2) is 5.35. The number of nitrogens with one attached hydrogen (secondary N) is 1. The van der Waals surface area contributed by atoms with E-state index >= 15 is 0 Å². The molecule has 20 heavy (non-hydrogen) atoms. The van der Waals surface area contributed by atoms with Gasteiger partial charge in [0.2, 0.25) is 0 Å². The average molecular weight is 306 g/mol. The van der Waals surface area contributed by atoms with E-state index in [1.807, 2.05) is 53.9 Å². The molecule has 0 radical (unpaired) electrons. The number of aromatic nitrogens is 2. The van der Waals surface area contributed by atoms with E-state index in [4.69, 9.17) is 23.2 Å². The highest BCUT2D eigenvalue weighted by atomic mass is 35.5. The Morgan fingerprint density at radius 1 is 1.15 bits per heavy atom. The molecule has 0 aliphatic rings. The normalized spacial score (nSPS) is 10.9. The zero-order valence-corrected chi connectivity index (χ0v) is 12.4. The molecule has 0 bridgehead atoms. The standard InChI is InChI=1S/C15H13Cl2N3/c1-10-15(20-7-3-2-4-14(20)19-10)18-9-11-5-6-12(16)13(17)8-11/h2-8,18H,9H2,1H3. The summed E-state index contributed by atoms with van der Waals surface area (Å²) < 4.78 is 2.03. The Labute approximate surface area is 127 Å². The van der Waals surface area contributed by atoms with Crippen molar-refractivity contribution in [2.75, 3.05) is 5.32 Å². The van der Waals surface area contributed by atoms with Crippen molar-refractivity contribution in [3.63, 3.8) is 0 Å². The van der Waals surface area contributed by atoms with E-state index in [0.717, 1.165) is 22.7 Å². The number of fused-ring (bicyclic) bond motifs is 1. The van der Waals surface area contributed by atoms with Crippen molar-refractivity contribution in [2.24, 2.45) is 0 Å². The molecule has 1 aromatic carbocycles. The number of aryl methyl sites for hydroxylation is 1. The predicted molar refractivity (Wildman–Crippen MR) is 83.7 cm³/mol. The molecule has 1 N–H and O–H groups in total. The Morgan fingerprint density at radius 3 is 2.80 bits per heavy atom. The van der Waals surface area contributed by atoms with Crippen LogP contribution in [0.1, 0.15) is 11.3 Å². The van der Waals surface area contributed by atoms with Gasteiger partial charge in [-0.3, -0.25) is 4.40 Å². The number of hydrogen-bond donors (Lipinski definition) is 1. The molecule has 102 valence electrons. The SMILES string of the molecule is Cc1nc2ccccn2c1NCc1ccc(Cl)c(Cl)c1. The molecule has 0 fully saturated rings. The minimum absolute atomic E-state index is 0.570. The summed E-state index contributed by atoms with van der Waals surface area (Å²) in [5, 5.41) is 4.54. The third kappa shape index (κ3) is 2.47. The van der Waals surface area contributed by atoms with Crippen molar-refractivity contribution in [3.05, 3.63) is 63.9 Å². The number of hydrogen-bond acceptors (Lipinski definition) is 2. The van der Waals surface area contributed by atoms with E-state index in [9.17, 15) is 0 Å². The molecular formula is C15H13Cl2N3. The average Bonchev–Trinajstić information content (AvgIpc) is 2.76. The van der Waals surface area contributed by atoms with E-state index in [1.165, 1.54) is 0 Å². The van der Waals surface area contributed by atoms with Crippen molar-refractivity contribution in [1.82, 2.24) is 9.38 Å². The summed E-state index contributed by atoms with van der Waals surface area (Å²) in [6, 6.07) is 11.6. The zero-order chi connectivity index (χ0) is 14.1. The smallest absolute Gasteiger partial charge is 0.138 e. The Hall–Kier alpha value is -1.71. The summed E-state index contributed by atoms with van der Waals surface area (Å²) in [7, 11) is 0. The summed E-state index contributed by atoms with van der Waals surface area (Å²) in [4.78, 5) is 4.51. The largest absolute Gasteiger partial charge is 0.366 e. The van der Waals surface area contributed by atoms with Crippen LogP contribution in [0.3, 0.4) is 0 Å². The minimum Gasteiger partial charge on any atom is -0.366 e. The van der Waals surface area contributed by atoms with Gasteiger partial charge in [0.25, 0.3) is 0 Å². The molecule has 0 atom stereocenters. The lowest BCUT2D eigenvalue weighted by atomic mass is 10.2. The van der Waals surface area contributed by atoms with Gasteiger partial charge in [-0.2, -0.15) is 0 Å². The number of anilines is 1. The maximum atomic E-state index is 6.02. The fourth-order valence-electron chi connectivity index (χ4n) is 2.16. The Morgan fingerprint density at radius 2 is 2.00 bits per heavy atom. The maximum Gasteiger partial charge on any atom is 0.138 e. The van der Waals surface area contributed by atoms with Crippen LogP contribution in [0.25, 0.3) is 5.65 Å². The molecule has 3 rings (SSSR count). The van der Waals surface area contributed by atoms with Crippen molar-refractivity contribution in [1.29, 1.82) is 0 Å². The van der Waals surface area contributed by atoms with E-state index in [-0.39, 0.29) is 0 Å². The Kier molecular flexibility index (Phi) is 3.55. The fourth-order valence-corrected chi connectivity index (χ4v) is 2.48. The van der Waals surface area contributed by atoms with Gasteiger partial charge in [-0.15, -0.1) is 0 Å². The molecule has 3 aromatic rings. The van der Waals surface area contributed by atoms with Crippen molar-refractivity contribution in [3.8, 4) is 0 Å². The van der Waals surface area contributed by atoms with Crippen LogP contribution in [0, 0.1) is 6.92 Å². The number of nitrogens with zero attached hydrogens (tertiary/aromatic N) is 2. The fraction of sp³-hybridized carbons (Fsp3) is 0.133. The first-order valence-electron chi connectivity index (χ1n) is 6.26. The molecule has 5 heteroatoms. The number of pyridine rings is 1. The topological polar surface area (TPSA) is 29.3 Å². The van der Waals surface area contributed by atoms with Gasteiger partial charge in [0.05, 0.1) is 15.7 Å². The second-order valence-electron chi connectivity index (χ2n) is 4.58. The van der Waals surface area contributed by atoms with E-state index < -0.39 is 0 Å². The molecule has 0 unspecified atom stereocenters. The first kappa shape index (κ1) is 13.3. The Bertz CT molecular complexity index is 765. The van der Waals surface area contributed by atoms with Gasteiger partial charge in [0.1, 0.15) is 11.5 Å². The highest BCUT2D eigenvalue weighted by molar-refractivity contribution is 6.42. The highest BCUT2D eigenvalue weighted by Crippen LogP contribution is 2.23. The zero-order valence-electron chi connectivity index (χ0n) is 10.9. The first-order valence-corrected chi connectivity index (χ1v) is 7.02. The molecule has 0 saturated carbocycles. The molecule has 0 spiro atoms. The third-order valence-corrected chi connectivity index (χ3v) is 3.89. The number of rotatable bonds is 3. The van der Waals surface area contributed by atoms with Crippen LogP contribution >= 0.6 is 23.2 Å². The van der Waals surface area contributed by atoms with Gasteiger partial charge in [-0.25, -0.2) is 4.98 Å². The van der Waals surface area contributed by atoms with Gasteiger partial charge >= 0.3 is 0 Å². The molecule has 0 amide bonds. The quantitative estimate of drug-likeness (QED) is 0.768. The molecule has 0 saturated heterocycles. The predicted octanol–water partition coefficient (Wildman–Crippen LogP) is 4.56. The lowest BCUT2D eigenvalue weighted by molar-refractivity contribution is 1.08. The van der Waals surface area contributed by atoms with Crippen LogP contribution in [0.2, 0.25) is 10.0 Å². The van der Waals surface area contributed by atoms with E-state index in [2.05, 4.69) is 10.3 Å². The van der Waals surface area contributed by atoms with E-state index in [1.54, 1.807) is 0 Å². The van der Waals surface area contributed by atoms with Crippen LogP contribution in [-0.4, -0.2) is 9.38 Å². The summed E-state index contributed by atoms with van der Waals surface area (Å²) in [6.07, 6.45) is 1.99. The van der Waals surface area contributed by atoms with E-state index in [0.29, 0.717) is 16.6 Å². The second-order valence-corrected chi connectivity index (χ2v) is 5.39. The van der Waals surface area contributed by atoms with Gasteiger partial charge in [-0.1, -0.05) is 35.3 Å². The van der Waals surface area contributed by atoms with Crippen LogP contribution in [-0.2, 0) is 6.54 Å². The molecule has 2 aromatic heterocycles. The number of benzene rings is 1. The first-order chi connectivity index (χ1) is 9.65. The molecule has 3 nitrogen and oxygen atoms in total. The molecule has 0 aliphatic heterocycles. The van der Waals surface area contributed by atoms with Gasteiger partial charge in [0, 0.05) is 12.7 Å². The summed E-state index contributed by atoms with van der Waals surface area (Å²) in [6.45, 7) is 2.66. The van der Waals surface area contributed by atoms with Gasteiger partial charge in [0.15, 0.2) is 0 Å². The number of halogens is 2. The maximum absolute atomic E-state index is 6.02. The monoisotopic (exact) mass is 305 g/mol. The van der Waals surface area contributed by atoms with Gasteiger partial charge in [-0.05, 0) is 36.8 Å². The minimum atomic E-state index is 0.570. The third-order valence-electron chi connectivity index (χ3n) is 3.15. The lowest BCUT2D eigenvalue weighted by Crippen LogP contribution is -2.03. The van der Waals surface area contributed by atoms with Crippen LogP contribution in [0.5, 0.6) is 0 Å². The van der Waals surface area contributed by atoms with Crippen LogP contribution in [0.4, 0.5) is 5.82 Å². The van der Waals surface area contributed by atoms with Crippen LogP contribution < -0.4 is 5.32 Å².